The predicted octanol–water partition coefficient (Wildman–Crippen LogP) is 0.974. The molecule has 0 aliphatic carbocycles. The van der Waals surface area contributed by atoms with Gasteiger partial charge in [0.1, 0.15) is 18.3 Å². The van der Waals surface area contributed by atoms with Crippen LogP contribution in [-0.2, 0) is 24.9 Å². The van der Waals surface area contributed by atoms with Crippen LogP contribution in [0.2, 0.25) is 0 Å². The summed E-state index contributed by atoms with van der Waals surface area (Å²) in [6.45, 7) is 0.309. The third kappa shape index (κ3) is 3.29. The van der Waals surface area contributed by atoms with Crippen LogP contribution in [0.4, 0.5) is 0 Å². The number of nitrogens with zero attached hydrogens (tertiary/aromatic N) is 7. The molecule has 142 valence electrons. The Morgan fingerprint density at radius 3 is 2.71 bits per heavy atom. The van der Waals surface area contributed by atoms with Gasteiger partial charge in [0.05, 0.1) is 18.1 Å². The van der Waals surface area contributed by atoms with E-state index in [4.69, 9.17) is 0 Å². The smallest absolute Gasteiger partial charge is 0.264 e. The van der Waals surface area contributed by atoms with Crippen molar-refractivity contribution in [1.29, 1.82) is 0 Å². The standard InChI is InChI=1S/C19H19N7O2/c1-23(10-14-8-22-26(11-14)15-6-4-3-5-7-15)17(27)12-25-13-20-18-16(19(25)28)9-21-24(18)2/h3-9,11,13H,10,12H2,1-2H3. The number of amides is 1. The molecule has 1 amide bonds. The maximum absolute atomic E-state index is 12.6. The van der Waals surface area contributed by atoms with Crippen molar-refractivity contribution in [3.05, 3.63) is 71.2 Å². The van der Waals surface area contributed by atoms with E-state index in [0.29, 0.717) is 17.6 Å². The van der Waals surface area contributed by atoms with E-state index in [2.05, 4.69) is 15.2 Å². The van der Waals surface area contributed by atoms with Gasteiger partial charge >= 0.3 is 0 Å². The van der Waals surface area contributed by atoms with Gasteiger partial charge < -0.3 is 4.90 Å². The first-order chi connectivity index (χ1) is 13.5. The van der Waals surface area contributed by atoms with Crippen molar-refractivity contribution in [2.24, 2.45) is 7.05 Å². The van der Waals surface area contributed by atoms with Gasteiger partial charge in [0.25, 0.3) is 5.56 Å². The van der Waals surface area contributed by atoms with E-state index < -0.39 is 0 Å². The average Bonchev–Trinajstić information content (AvgIpc) is 3.32. The molecule has 1 aromatic carbocycles. The highest BCUT2D eigenvalue weighted by Crippen LogP contribution is 2.09. The number of fused-ring (bicyclic) bond motifs is 1. The van der Waals surface area contributed by atoms with E-state index in [1.54, 1.807) is 29.9 Å². The van der Waals surface area contributed by atoms with Crippen LogP contribution in [0.25, 0.3) is 16.7 Å². The van der Waals surface area contributed by atoms with Crippen molar-refractivity contribution in [2.75, 3.05) is 7.05 Å². The van der Waals surface area contributed by atoms with Crippen molar-refractivity contribution in [3.63, 3.8) is 0 Å². The number of rotatable bonds is 5. The van der Waals surface area contributed by atoms with Gasteiger partial charge in [-0.25, -0.2) is 9.67 Å². The van der Waals surface area contributed by atoms with E-state index in [-0.39, 0.29) is 18.0 Å². The Balaban J connectivity index is 1.46. The molecule has 9 nitrogen and oxygen atoms in total. The fourth-order valence-corrected chi connectivity index (χ4v) is 2.97. The maximum Gasteiger partial charge on any atom is 0.264 e. The molecular formula is C19H19N7O2. The van der Waals surface area contributed by atoms with Gasteiger partial charge in [-0.2, -0.15) is 10.2 Å². The number of likely N-dealkylation sites (N-methyl/N-ethyl adjacent to an activating group) is 1. The summed E-state index contributed by atoms with van der Waals surface area (Å²) in [6.07, 6.45) is 6.46. The minimum Gasteiger partial charge on any atom is -0.340 e. The first kappa shape index (κ1) is 17.7. The molecule has 3 heterocycles. The monoisotopic (exact) mass is 377 g/mol. The number of aryl methyl sites for hydroxylation is 1. The zero-order valence-electron chi connectivity index (χ0n) is 15.6. The third-order valence-electron chi connectivity index (χ3n) is 4.53. The van der Waals surface area contributed by atoms with Gasteiger partial charge in [0.2, 0.25) is 5.91 Å². The van der Waals surface area contributed by atoms with Crippen LogP contribution in [0, 0.1) is 0 Å². The summed E-state index contributed by atoms with van der Waals surface area (Å²) in [5, 5.41) is 8.76. The van der Waals surface area contributed by atoms with Crippen LogP contribution >= 0.6 is 0 Å². The lowest BCUT2D eigenvalue weighted by Crippen LogP contribution is -2.33. The zero-order chi connectivity index (χ0) is 19.7. The molecule has 0 fully saturated rings. The highest BCUT2D eigenvalue weighted by atomic mass is 16.2. The number of hydrogen-bond acceptors (Lipinski definition) is 5. The normalized spacial score (nSPS) is 11.1. The molecule has 0 aliphatic heterocycles. The molecule has 0 saturated carbocycles. The van der Waals surface area contributed by atoms with E-state index >= 15 is 0 Å². The Morgan fingerprint density at radius 1 is 1.14 bits per heavy atom. The molecule has 0 atom stereocenters. The zero-order valence-corrected chi connectivity index (χ0v) is 15.6. The summed E-state index contributed by atoms with van der Waals surface area (Å²) in [5.41, 5.74) is 2.06. The molecule has 0 bridgehead atoms. The summed E-state index contributed by atoms with van der Waals surface area (Å²) < 4.78 is 4.59. The molecule has 0 radical (unpaired) electrons. The van der Waals surface area contributed by atoms with Gasteiger partial charge in [-0.15, -0.1) is 0 Å². The molecule has 3 aromatic heterocycles. The second-order valence-corrected chi connectivity index (χ2v) is 6.56. The second kappa shape index (κ2) is 7.10. The third-order valence-corrected chi connectivity index (χ3v) is 4.53. The van der Waals surface area contributed by atoms with Crippen molar-refractivity contribution >= 4 is 16.9 Å². The Kier molecular flexibility index (Phi) is 4.48. The van der Waals surface area contributed by atoms with Gasteiger partial charge in [0.15, 0.2) is 5.65 Å². The highest BCUT2D eigenvalue weighted by Gasteiger charge is 2.14. The summed E-state index contributed by atoms with van der Waals surface area (Å²) in [7, 11) is 3.41. The lowest BCUT2D eigenvalue weighted by molar-refractivity contribution is -0.131. The second-order valence-electron chi connectivity index (χ2n) is 6.56. The van der Waals surface area contributed by atoms with Gasteiger partial charge in [0, 0.05) is 32.4 Å². The molecular weight excluding hydrogens is 358 g/mol. The molecule has 0 aliphatic rings. The lowest BCUT2D eigenvalue weighted by atomic mass is 10.3. The molecule has 4 aromatic rings. The number of para-hydroxylation sites is 1. The Labute approximate surface area is 160 Å². The van der Waals surface area contributed by atoms with Gasteiger partial charge in [-0.05, 0) is 12.1 Å². The average molecular weight is 377 g/mol. The summed E-state index contributed by atoms with van der Waals surface area (Å²) >= 11 is 0. The minimum absolute atomic E-state index is 0.0833. The van der Waals surface area contributed by atoms with Crippen LogP contribution < -0.4 is 5.56 Å². The molecule has 0 spiro atoms. The topological polar surface area (TPSA) is 90.8 Å². The van der Waals surface area contributed by atoms with E-state index in [1.807, 2.05) is 36.5 Å². The minimum atomic E-state index is -0.281. The number of hydrogen-bond donors (Lipinski definition) is 0. The first-order valence-corrected chi connectivity index (χ1v) is 8.73. The number of benzene rings is 1. The summed E-state index contributed by atoms with van der Waals surface area (Å²) in [4.78, 5) is 30.9. The largest absolute Gasteiger partial charge is 0.340 e. The predicted molar refractivity (Wildman–Crippen MR) is 103 cm³/mol. The highest BCUT2D eigenvalue weighted by molar-refractivity contribution is 5.77. The van der Waals surface area contributed by atoms with E-state index in [9.17, 15) is 9.59 Å². The molecule has 4 rings (SSSR count). The number of aromatic nitrogens is 6. The van der Waals surface area contributed by atoms with Crippen LogP contribution in [0.3, 0.4) is 0 Å². The van der Waals surface area contributed by atoms with Crippen molar-refractivity contribution < 1.29 is 4.79 Å². The Morgan fingerprint density at radius 2 is 1.93 bits per heavy atom. The first-order valence-electron chi connectivity index (χ1n) is 8.73. The van der Waals surface area contributed by atoms with Crippen LogP contribution in [-0.4, -0.2) is 47.0 Å². The molecule has 0 N–H and O–H groups in total. The van der Waals surface area contributed by atoms with Crippen molar-refractivity contribution in [1.82, 2.24) is 34.0 Å². The van der Waals surface area contributed by atoms with E-state index in [1.165, 1.54) is 21.8 Å². The van der Waals surface area contributed by atoms with Crippen molar-refractivity contribution in [2.45, 2.75) is 13.1 Å². The van der Waals surface area contributed by atoms with Crippen LogP contribution in [0.1, 0.15) is 5.56 Å². The lowest BCUT2D eigenvalue weighted by Gasteiger charge is -2.16. The van der Waals surface area contributed by atoms with Gasteiger partial charge in [-0.3, -0.25) is 18.8 Å². The maximum atomic E-state index is 12.6. The fraction of sp³-hybridized carbons (Fsp3) is 0.211. The van der Waals surface area contributed by atoms with Crippen molar-refractivity contribution in [3.8, 4) is 5.69 Å². The summed E-state index contributed by atoms with van der Waals surface area (Å²) in [5.74, 6) is -0.195. The SMILES string of the molecule is CN(Cc1cnn(-c2ccccc2)c1)C(=O)Cn1cnc2c(cnn2C)c1=O. The van der Waals surface area contributed by atoms with E-state index in [0.717, 1.165) is 11.3 Å². The summed E-state index contributed by atoms with van der Waals surface area (Å²) in [6, 6.07) is 9.74. The Hall–Kier alpha value is -3.75. The Bertz CT molecular complexity index is 1190. The fourth-order valence-electron chi connectivity index (χ4n) is 2.97. The molecule has 0 unspecified atom stereocenters. The number of carbonyl (C=O) groups is 1. The quantitative estimate of drug-likeness (QED) is 0.517. The van der Waals surface area contributed by atoms with Crippen LogP contribution in [0.15, 0.2) is 60.0 Å². The van der Waals surface area contributed by atoms with Gasteiger partial charge in [-0.1, -0.05) is 18.2 Å². The number of carbonyl (C=O) groups excluding carboxylic acids is 1. The molecule has 0 saturated heterocycles. The molecule has 28 heavy (non-hydrogen) atoms. The van der Waals surface area contributed by atoms with Crippen LogP contribution in [0.5, 0.6) is 0 Å². The molecule has 9 heteroatoms.